The van der Waals surface area contributed by atoms with E-state index in [1.165, 1.54) is 12.0 Å². The van der Waals surface area contributed by atoms with Crippen molar-refractivity contribution in [2.45, 2.75) is 26.2 Å². The molecule has 0 amide bonds. The molecule has 2 aromatic rings. The van der Waals surface area contributed by atoms with E-state index in [2.05, 4.69) is 31.1 Å². The second kappa shape index (κ2) is 3.61. The molecule has 2 N–H and O–H groups in total. The number of hydrogen-bond donors (Lipinski definition) is 1. The normalized spacial score (nSPS) is 20.9. The molecule has 0 aliphatic heterocycles. The van der Waals surface area contributed by atoms with E-state index in [9.17, 15) is 0 Å². The van der Waals surface area contributed by atoms with E-state index >= 15 is 0 Å². The zero-order valence-corrected chi connectivity index (χ0v) is 11.1. The standard InChI is InChI=1S/C15H19N3/c1-15(2)9-11(15)13-12(14(16)18(3)17-13)10-7-5-4-6-8-10/h4-8,11H,9,16H2,1-3H3. The SMILES string of the molecule is Cn1nc(C2CC2(C)C)c(-c2ccccc2)c1N. The van der Waals surface area contributed by atoms with Gasteiger partial charge in [-0.1, -0.05) is 44.2 Å². The van der Waals surface area contributed by atoms with E-state index in [-0.39, 0.29) is 0 Å². The summed E-state index contributed by atoms with van der Waals surface area (Å²) in [6.07, 6.45) is 1.20. The van der Waals surface area contributed by atoms with Gasteiger partial charge in [-0.2, -0.15) is 5.10 Å². The first-order valence-corrected chi connectivity index (χ1v) is 6.38. The molecule has 1 aliphatic rings. The molecule has 1 unspecified atom stereocenters. The largest absolute Gasteiger partial charge is 0.383 e. The predicted octanol–water partition coefficient (Wildman–Crippen LogP) is 3.18. The Bertz CT molecular complexity index is 581. The Morgan fingerprint density at radius 2 is 1.89 bits per heavy atom. The number of nitrogens with two attached hydrogens (primary N) is 1. The number of anilines is 1. The van der Waals surface area contributed by atoms with Crippen molar-refractivity contribution in [2.75, 3.05) is 5.73 Å². The molecule has 0 spiro atoms. The molecule has 3 heteroatoms. The molecule has 1 heterocycles. The maximum atomic E-state index is 6.19. The van der Waals surface area contributed by atoms with Crippen molar-refractivity contribution in [1.29, 1.82) is 0 Å². The Hall–Kier alpha value is -1.77. The van der Waals surface area contributed by atoms with Gasteiger partial charge in [0.25, 0.3) is 0 Å². The summed E-state index contributed by atoms with van der Waals surface area (Å²) < 4.78 is 1.80. The maximum absolute atomic E-state index is 6.19. The van der Waals surface area contributed by atoms with Gasteiger partial charge in [0.2, 0.25) is 0 Å². The third-order valence-electron chi connectivity index (χ3n) is 4.02. The summed E-state index contributed by atoms with van der Waals surface area (Å²) in [5.74, 6) is 1.30. The molecule has 1 aliphatic carbocycles. The minimum Gasteiger partial charge on any atom is -0.383 e. The van der Waals surface area contributed by atoms with Crippen LogP contribution < -0.4 is 5.73 Å². The lowest BCUT2D eigenvalue weighted by Gasteiger charge is -2.05. The first kappa shape index (κ1) is 11.3. The summed E-state index contributed by atoms with van der Waals surface area (Å²) in [4.78, 5) is 0. The molecule has 1 atom stereocenters. The van der Waals surface area contributed by atoms with Gasteiger partial charge in [-0.3, -0.25) is 4.68 Å². The summed E-state index contributed by atoms with van der Waals surface area (Å²) in [6, 6.07) is 10.3. The number of hydrogen-bond acceptors (Lipinski definition) is 2. The van der Waals surface area contributed by atoms with Crippen LogP contribution in [0.4, 0.5) is 5.82 Å². The Kier molecular flexibility index (Phi) is 2.27. The monoisotopic (exact) mass is 241 g/mol. The highest BCUT2D eigenvalue weighted by molar-refractivity contribution is 5.77. The molecule has 1 fully saturated rings. The lowest BCUT2D eigenvalue weighted by atomic mass is 10.00. The van der Waals surface area contributed by atoms with Crippen LogP contribution in [0.25, 0.3) is 11.1 Å². The molecule has 94 valence electrons. The smallest absolute Gasteiger partial charge is 0.129 e. The number of aryl methyl sites for hydroxylation is 1. The summed E-state index contributed by atoms with van der Waals surface area (Å²) in [7, 11) is 1.92. The van der Waals surface area contributed by atoms with Crippen molar-refractivity contribution >= 4 is 5.82 Å². The van der Waals surface area contributed by atoms with Crippen LogP contribution in [0, 0.1) is 5.41 Å². The molecule has 0 bridgehead atoms. The van der Waals surface area contributed by atoms with Gasteiger partial charge in [-0.15, -0.1) is 0 Å². The van der Waals surface area contributed by atoms with E-state index < -0.39 is 0 Å². The summed E-state index contributed by atoms with van der Waals surface area (Å²) >= 11 is 0. The molecule has 1 saturated carbocycles. The molecule has 3 nitrogen and oxygen atoms in total. The molecule has 0 radical (unpaired) electrons. The Morgan fingerprint density at radius 1 is 1.28 bits per heavy atom. The van der Waals surface area contributed by atoms with Crippen LogP contribution in [-0.2, 0) is 7.05 Å². The topological polar surface area (TPSA) is 43.8 Å². The minimum atomic E-state index is 0.365. The van der Waals surface area contributed by atoms with Crippen LogP contribution in [0.15, 0.2) is 30.3 Å². The van der Waals surface area contributed by atoms with Gasteiger partial charge in [0.15, 0.2) is 0 Å². The van der Waals surface area contributed by atoms with Crippen molar-refractivity contribution < 1.29 is 0 Å². The average molecular weight is 241 g/mol. The van der Waals surface area contributed by atoms with Gasteiger partial charge in [0, 0.05) is 18.5 Å². The predicted molar refractivity (Wildman–Crippen MR) is 74.2 cm³/mol. The van der Waals surface area contributed by atoms with Crippen molar-refractivity contribution in [3.05, 3.63) is 36.0 Å². The fourth-order valence-electron chi connectivity index (χ4n) is 2.64. The van der Waals surface area contributed by atoms with E-state index in [0.29, 0.717) is 11.3 Å². The fourth-order valence-corrected chi connectivity index (χ4v) is 2.64. The number of nitrogens with zero attached hydrogens (tertiary/aromatic N) is 2. The Morgan fingerprint density at radius 3 is 2.44 bits per heavy atom. The first-order valence-electron chi connectivity index (χ1n) is 6.38. The molecule has 1 aromatic heterocycles. The molecule has 3 rings (SSSR count). The van der Waals surface area contributed by atoms with Crippen molar-refractivity contribution in [1.82, 2.24) is 9.78 Å². The zero-order valence-electron chi connectivity index (χ0n) is 11.1. The summed E-state index contributed by atoms with van der Waals surface area (Å²) in [5, 5.41) is 4.64. The van der Waals surface area contributed by atoms with E-state index in [0.717, 1.165) is 17.1 Å². The van der Waals surface area contributed by atoms with Gasteiger partial charge < -0.3 is 5.73 Å². The van der Waals surface area contributed by atoms with Crippen molar-refractivity contribution in [2.24, 2.45) is 12.5 Å². The molecular weight excluding hydrogens is 222 g/mol. The second-order valence-electron chi connectivity index (χ2n) is 5.88. The third-order valence-corrected chi connectivity index (χ3v) is 4.02. The lowest BCUT2D eigenvalue weighted by Crippen LogP contribution is -1.98. The van der Waals surface area contributed by atoms with Gasteiger partial charge >= 0.3 is 0 Å². The molecule has 1 aromatic carbocycles. The van der Waals surface area contributed by atoms with E-state index in [1.807, 2.05) is 25.2 Å². The van der Waals surface area contributed by atoms with Gasteiger partial charge in [-0.05, 0) is 17.4 Å². The Balaban J connectivity index is 2.14. The van der Waals surface area contributed by atoms with Gasteiger partial charge in [-0.25, -0.2) is 0 Å². The summed E-state index contributed by atoms with van der Waals surface area (Å²) in [5.41, 5.74) is 10.0. The highest BCUT2D eigenvalue weighted by Gasteiger charge is 2.49. The number of aromatic nitrogens is 2. The zero-order chi connectivity index (χ0) is 12.9. The minimum absolute atomic E-state index is 0.365. The lowest BCUT2D eigenvalue weighted by molar-refractivity contribution is 0.609. The van der Waals surface area contributed by atoms with E-state index in [4.69, 9.17) is 5.73 Å². The molecule has 0 saturated heterocycles. The van der Waals surface area contributed by atoms with E-state index in [1.54, 1.807) is 4.68 Å². The van der Waals surface area contributed by atoms with Crippen molar-refractivity contribution in [3.8, 4) is 11.1 Å². The Labute approximate surface area is 108 Å². The molecule has 18 heavy (non-hydrogen) atoms. The van der Waals surface area contributed by atoms with Crippen LogP contribution in [0.1, 0.15) is 31.9 Å². The highest BCUT2D eigenvalue weighted by Crippen LogP contribution is 2.60. The average Bonchev–Trinajstić information content (AvgIpc) is 2.87. The molecular formula is C15H19N3. The number of rotatable bonds is 2. The van der Waals surface area contributed by atoms with Crippen LogP contribution in [0.2, 0.25) is 0 Å². The number of nitrogen functional groups attached to an aromatic ring is 1. The van der Waals surface area contributed by atoms with Crippen LogP contribution in [0.5, 0.6) is 0 Å². The quantitative estimate of drug-likeness (QED) is 0.877. The maximum Gasteiger partial charge on any atom is 0.129 e. The number of benzene rings is 1. The van der Waals surface area contributed by atoms with Crippen LogP contribution >= 0.6 is 0 Å². The fraction of sp³-hybridized carbons (Fsp3) is 0.400. The van der Waals surface area contributed by atoms with Gasteiger partial charge in [0.1, 0.15) is 5.82 Å². The highest BCUT2D eigenvalue weighted by atomic mass is 15.3. The first-order chi connectivity index (χ1) is 8.50. The second-order valence-corrected chi connectivity index (χ2v) is 5.88. The van der Waals surface area contributed by atoms with Gasteiger partial charge in [0.05, 0.1) is 5.69 Å². The van der Waals surface area contributed by atoms with Crippen LogP contribution in [-0.4, -0.2) is 9.78 Å². The van der Waals surface area contributed by atoms with Crippen LogP contribution in [0.3, 0.4) is 0 Å². The summed E-state index contributed by atoms with van der Waals surface area (Å²) in [6.45, 7) is 4.58. The third kappa shape index (κ3) is 1.62. The van der Waals surface area contributed by atoms with Crippen molar-refractivity contribution in [3.63, 3.8) is 0 Å².